The average Bonchev–Trinajstić information content (AvgIpc) is 3.19. The first-order chi connectivity index (χ1) is 14.0. The standard InChI is InChI=1S/C23H14F3N3/c24-23(25,26)17-12-10-16(11-13-17)21-27-14-20-18-8-4-5-9-19(18)28-22(29(20)21)15-6-2-1-3-7-15/h1-14H. The number of rotatable bonds is 2. The fraction of sp³-hybridized carbons (Fsp3) is 0.0435. The molecule has 0 atom stereocenters. The average molecular weight is 389 g/mol. The first-order valence-electron chi connectivity index (χ1n) is 9.01. The van der Waals surface area contributed by atoms with E-state index in [1.54, 1.807) is 6.20 Å². The number of halogens is 3. The number of fused-ring (bicyclic) bond motifs is 3. The molecular formula is C23H14F3N3. The second-order valence-electron chi connectivity index (χ2n) is 6.70. The summed E-state index contributed by atoms with van der Waals surface area (Å²) in [6.07, 6.45) is -2.64. The van der Waals surface area contributed by atoms with Crippen molar-refractivity contribution in [2.45, 2.75) is 6.18 Å². The van der Waals surface area contributed by atoms with Crippen molar-refractivity contribution in [1.29, 1.82) is 0 Å². The van der Waals surface area contributed by atoms with E-state index < -0.39 is 11.7 Å². The zero-order valence-electron chi connectivity index (χ0n) is 15.1. The lowest BCUT2D eigenvalue weighted by Crippen LogP contribution is -2.04. The highest BCUT2D eigenvalue weighted by Gasteiger charge is 2.30. The molecule has 0 amide bonds. The summed E-state index contributed by atoms with van der Waals surface area (Å²) in [6.45, 7) is 0. The fourth-order valence-corrected chi connectivity index (χ4v) is 3.50. The van der Waals surface area contributed by atoms with E-state index in [-0.39, 0.29) is 0 Å². The van der Waals surface area contributed by atoms with Crippen molar-refractivity contribution in [2.75, 3.05) is 0 Å². The molecule has 2 aromatic heterocycles. The van der Waals surface area contributed by atoms with Crippen LogP contribution in [0.5, 0.6) is 0 Å². The number of imidazole rings is 1. The number of benzene rings is 3. The predicted octanol–water partition coefficient (Wildman–Crippen LogP) is 6.24. The van der Waals surface area contributed by atoms with Crippen LogP contribution in [0, 0.1) is 0 Å². The van der Waals surface area contributed by atoms with Gasteiger partial charge in [-0.3, -0.25) is 4.40 Å². The third-order valence-corrected chi connectivity index (χ3v) is 4.88. The van der Waals surface area contributed by atoms with Crippen molar-refractivity contribution in [3.05, 3.63) is 90.6 Å². The predicted molar refractivity (Wildman–Crippen MR) is 106 cm³/mol. The molecule has 5 aromatic rings. The Labute approximate surface area is 164 Å². The van der Waals surface area contributed by atoms with Crippen molar-refractivity contribution >= 4 is 16.4 Å². The van der Waals surface area contributed by atoms with E-state index in [4.69, 9.17) is 4.98 Å². The van der Waals surface area contributed by atoms with E-state index in [1.165, 1.54) is 12.1 Å². The molecule has 0 spiro atoms. The van der Waals surface area contributed by atoms with E-state index in [0.29, 0.717) is 17.2 Å². The molecule has 0 aliphatic rings. The van der Waals surface area contributed by atoms with Gasteiger partial charge >= 0.3 is 6.18 Å². The van der Waals surface area contributed by atoms with Gasteiger partial charge in [-0.25, -0.2) is 9.97 Å². The second-order valence-corrected chi connectivity index (χ2v) is 6.70. The summed E-state index contributed by atoms with van der Waals surface area (Å²) in [7, 11) is 0. The molecule has 0 saturated carbocycles. The van der Waals surface area contributed by atoms with Gasteiger partial charge in [0.25, 0.3) is 0 Å². The van der Waals surface area contributed by atoms with Crippen LogP contribution in [-0.4, -0.2) is 14.4 Å². The van der Waals surface area contributed by atoms with Crippen LogP contribution in [0.15, 0.2) is 85.1 Å². The van der Waals surface area contributed by atoms with Crippen molar-refractivity contribution in [3.63, 3.8) is 0 Å². The highest BCUT2D eigenvalue weighted by Crippen LogP contribution is 2.33. The summed E-state index contributed by atoms with van der Waals surface area (Å²) in [6, 6.07) is 22.5. The van der Waals surface area contributed by atoms with Gasteiger partial charge in [0.15, 0.2) is 0 Å². The molecule has 0 aliphatic heterocycles. The van der Waals surface area contributed by atoms with Crippen LogP contribution in [-0.2, 0) is 6.18 Å². The lowest BCUT2D eigenvalue weighted by molar-refractivity contribution is -0.137. The Morgan fingerprint density at radius 2 is 1.34 bits per heavy atom. The number of hydrogen-bond donors (Lipinski definition) is 0. The molecule has 3 aromatic carbocycles. The van der Waals surface area contributed by atoms with Crippen molar-refractivity contribution in [1.82, 2.24) is 14.4 Å². The fourth-order valence-electron chi connectivity index (χ4n) is 3.50. The summed E-state index contributed by atoms with van der Waals surface area (Å²) >= 11 is 0. The van der Waals surface area contributed by atoms with Crippen molar-refractivity contribution in [3.8, 4) is 22.8 Å². The van der Waals surface area contributed by atoms with Gasteiger partial charge in [-0.05, 0) is 18.2 Å². The quantitative estimate of drug-likeness (QED) is 0.358. The Balaban J connectivity index is 1.80. The van der Waals surface area contributed by atoms with Gasteiger partial charge in [0.2, 0.25) is 0 Å². The zero-order valence-corrected chi connectivity index (χ0v) is 15.1. The highest BCUT2D eigenvalue weighted by molar-refractivity contribution is 5.96. The maximum Gasteiger partial charge on any atom is 0.416 e. The largest absolute Gasteiger partial charge is 0.416 e. The normalized spacial score (nSPS) is 12.0. The van der Waals surface area contributed by atoms with Crippen molar-refractivity contribution in [2.24, 2.45) is 0 Å². The number of nitrogens with zero attached hydrogens (tertiary/aromatic N) is 3. The van der Waals surface area contributed by atoms with E-state index in [1.807, 2.05) is 59.0 Å². The summed E-state index contributed by atoms with van der Waals surface area (Å²) in [4.78, 5) is 9.37. The summed E-state index contributed by atoms with van der Waals surface area (Å²) in [5.41, 5.74) is 2.48. The van der Waals surface area contributed by atoms with Crippen LogP contribution in [0.4, 0.5) is 13.2 Å². The third kappa shape index (κ3) is 2.93. The molecule has 142 valence electrons. The molecule has 5 rings (SSSR count). The van der Waals surface area contributed by atoms with Crippen LogP contribution in [0.25, 0.3) is 39.2 Å². The van der Waals surface area contributed by atoms with Gasteiger partial charge in [0.05, 0.1) is 22.8 Å². The van der Waals surface area contributed by atoms with Crippen LogP contribution < -0.4 is 0 Å². The number of hydrogen-bond acceptors (Lipinski definition) is 2. The van der Waals surface area contributed by atoms with Crippen molar-refractivity contribution < 1.29 is 13.2 Å². The van der Waals surface area contributed by atoms with Gasteiger partial charge in [-0.1, -0.05) is 60.7 Å². The minimum Gasteiger partial charge on any atom is -0.276 e. The Bertz CT molecular complexity index is 1320. The molecule has 3 nitrogen and oxygen atoms in total. The third-order valence-electron chi connectivity index (χ3n) is 4.88. The van der Waals surface area contributed by atoms with Crippen LogP contribution in [0.1, 0.15) is 5.56 Å². The lowest BCUT2D eigenvalue weighted by atomic mass is 10.1. The molecule has 0 saturated heterocycles. The molecule has 0 bridgehead atoms. The second kappa shape index (κ2) is 6.44. The maximum absolute atomic E-state index is 12.9. The molecule has 0 N–H and O–H groups in total. The number of alkyl halides is 3. The zero-order chi connectivity index (χ0) is 20.0. The van der Waals surface area contributed by atoms with Crippen LogP contribution >= 0.6 is 0 Å². The summed E-state index contributed by atoms with van der Waals surface area (Å²) in [5.74, 6) is 1.23. The number of aromatic nitrogens is 3. The van der Waals surface area contributed by atoms with E-state index in [2.05, 4.69) is 4.98 Å². The monoisotopic (exact) mass is 389 g/mol. The lowest BCUT2D eigenvalue weighted by Gasteiger charge is -2.12. The first-order valence-corrected chi connectivity index (χ1v) is 9.01. The Morgan fingerprint density at radius 3 is 2.07 bits per heavy atom. The number of para-hydroxylation sites is 1. The molecule has 29 heavy (non-hydrogen) atoms. The van der Waals surface area contributed by atoms with Gasteiger partial charge in [-0.15, -0.1) is 0 Å². The van der Waals surface area contributed by atoms with Gasteiger partial charge in [0, 0.05) is 16.5 Å². The van der Waals surface area contributed by atoms with E-state index >= 15 is 0 Å². The highest BCUT2D eigenvalue weighted by atomic mass is 19.4. The molecule has 6 heteroatoms. The van der Waals surface area contributed by atoms with E-state index in [0.717, 1.165) is 34.1 Å². The molecule has 0 radical (unpaired) electrons. The van der Waals surface area contributed by atoms with Gasteiger partial charge < -0.3 is 0 Å². The van der Waals surface area contributed by atoms with E-state index in [9.17, 15) is 13.2 Å². The molecule has 2 heterocycles. The molecule has 0 fully saturated rings. The summed E-state index contributed by atoms with van der Waals surface area (Å²) in [5, 5.41) is 0.929. The summed E-state index contributed by atoms with van der Waals surface area (Å²) < 4.78 is 40.7. The molecule has 0 aliphatic carbocycles. The SMILES string of the molecule is FC(F)(F)c1ccc(-c2ncc3c4ccccc4nc(-c4ccccc4)n23)cc1. The minimum atomic E-state index is -4.37. The Hall–Kier alpha value is -3.67. The maximum atomic E-state index is 12.9. The minimum absolute atomic E-state index is 0.547. The van der Waals surface area contributed by atoms with Gasteiger partial charge in [-0.2, -0.15) is 13.2 Å². The molecular weight excluding hydrogens is 375 g/mol. The Kier molecular flexibility index (Phi) is 3.87. The first kappa shape index (κ1) is 17.4. The van der Waals surface area contributed by atoms with Crippen LogP contribution in [0.2, 0.25) is 0 Å². The van der Waals surface area contributed by atoms with Gasteiger partial charge in [0.1, 0.15) is 11.6 Å². The topological polar surface area (TPSA) is 30.2 Å². The Morgan fingerprint density at radius 1 is 0.690 bits per heavy atom. The smallest absolute Gasteiger partial charge is 0.276 e. The molecule has 0 unspecified atom stereocenters. The van der Waals surface area contributed by atoms with Crippen LogP contribution in [0.3, 0.4) is 0 Å².